The predicted molar refractivity (Wildman–Crippen MR) is 113 cm³/mol. The third kappa shape index (κ3) is 6.56. The highest BCUT2D eigenvalue weighted by atomic mass is 16.6. The number of aromatic amines is 1. The maximum absolute atomic E-state index is 12.8. The molecule has 1 aliphatic heterocycles. The number of likely N-dealkylation sites (tertiary alicyclic amines) is 1. The number of nitrogens with one attached hydrogen (secondary N) is 3. The van der Waals surface area contributed by atoms with Crippen LogP contribution in [-0.2, 0) is 14.3 Å². The molecule has 1 aliphatic rings. The summed E-state index contributed by atoms with van der Waals surface area (Å²) in [6.07, 6.45) is 2.47. The molecule has 2 heterocycles. The molecule has 0 aliphatic carbocycles. The molecular weight excluding hydrogens is 388 g/mol. The van der Waals surface area contributed by atoms with Gasteiger partial charge < -0.3 is 25.1 Å². The number of rotatable bonds is 10. The van der Waals surface area contributed by atoms with E-state index in [4.69, 9.17) is 9.47 Å². The van der Waals surface area contributed by atoms with Crippen molar-refractivity contribution in [1.82, 2.24) is 20.5 Å². The summed E-state index contributed by atoms with van der Waals surface area (Å²) in [5.74, 6) is -0.653. The number of hydrogen-bond donors (Lipinski definition) is 3. The lowest BCUT2D eigenvalue weighted by Crippen LogP contribution is -2.47. The fourth-order valence-corrected chi connectivity index (χ4v) is 3.59. The van der Waals surface area contributed by atoms with Gasteiger partial charge in [-0.25, -0.2) is 4.79 Å². The molecule has 9 nitrogen and oxygen atoms in total. The van der Waals surface area contributed by atoms with Gasteiger partial charge in [0.1, 0.15) is 12.3 Å². The number of aromatic nitrogens is 1. The summed E-state index contributed by atoms with van der Waals surface area (Å²) in [5.41, 5.74) is 1.96. The number of amides is 2. The van der Waals surface area contributed by atoms with Gasteiger partial charge in [-0.1, -0.05) is 6.92 Å². The fraction of sp³-hybridized carbons (Fsp3) is 0.667. The van der Waals surface area contributed by atoms with Gasteiger partial charge in [0.05, 0.1) is 18.7 Å². The van der Waals surface area contributed by atoms with Crippen LogP contribution in [0.4, 0.5) is 0 Å². The van der Waals surface area contributed by atoms with E-state index in [2.05, 4.69) is 20.5 Å². The Morgan fingerprint density at radius 3 is 2.50 bits per heavy atom. The molecule has 1 aromatic heterocycles. The smallest absolute Gasteiger partial charge is 0.340 e. The van der Waals surface area contributed by atoms with E-state index in [1.165, 1.54) is 7.11 Å². The van der Waals surface area contributed by atoms with Crippen LogP contribution in [0.3, 0.4) is 0 Å². The number of carbonyl (C=O) groups is 3. The summed E-state index contributed by atoms with van der Waals surface area (Å²) < 4.78 is 10.1. The van der Waals surface area contributed by atoms with Crippen molar-refractivity contribution in [2.45, 2.75) is 46.1 Å². The molecule has 30 heavy (non-hydrogen) atoms. The highest BCUT2D eigenvalue weighted by Crippen LogP contribution is 2.20. The van der Waals surface area contributed by atoms with E-state index in [0.29, 0.717) is 42.2 Å². The van der Waals surface area contributed by atoms with Crippen LogP contribution in [0.15, 0.2) is 0 Å². The Morgan fingerprint density at radius 1 is 1.17 bits per heavy atom. The van der Waals surface area contributed by atoms with Gasteiger partial charge >= 0.3 is 5.97 Å². The molecule has 1 saturated heterocycles. The van der Waals surface area contributed by atoms with E-state index in [-0.39, 0.29) is 24.5 Å². The molecule has 1 aromatic rings. The molecule has 0 unspecified atom stereocenters. The second-order valence-electron chi connectivity index (χ2n) is 7.63. The van der Waals surface area contributed by atoms with Gasteiger partial charge in [-0.05, 0) is 38.7 Å². The quantitative estimate of drug-likeness (QED) is 0.385. The van der Waals surface area contributed by atoms with E-state index in [1.54, 1.807) is 13.8 Å². The predicted octanol–water partition coefficient (Wildman–Crippen LogP) is 1.16. The summed E-state index contributed by atoms with van der Waals surface area (Å²) in [6, 6.07) is 0.0348. The molecule has 2 rings (SSSR count). The number of ether oxygens (including phenoxy) is 2. The average molecular weight is 423 g/mol. The van der Waals surface area contributed by atoms with Gasteiger partial charge in [0.2, 0.25) is 5.91 Å². The monoisotopic (exact) mass is 422 g/mol. The normalized spacial score (nSPS) is 15.1. The van der Waals surface area contributed by atoms with Gasteiger partial charge in [-0.3, -0.25) is 14.5 Å². The van der Waals surface area contributed by atoms with Crippen molar-refractivity contribution in [3.63, 3.8) is 0 Å². The number of methoxy groups -OCH3 is 1. The Hall–Kier alpha value is -2.39. The first-order valence-corrected chi connectivity index (χ1v) is 10.5. The largest absolute Gasteiger partial charge is 0.460 e. The van der Waals surface area contributed by atoms with Crippen molar-refractivity contribution in [2.75, 3.05) is 46.5 Å². The number of aryl methyl sites for hydroxylation is 1. The highest BCUT2D eigenvalue weighted by molar-refractivity contribution is 6.00. The van der Waals surface area contributed by atoms with Crippen LogP contribution in [0, 0.1) is 13.8 Å². The lowest BCUT2D eigenvalue weighted by atomic mass is 10.0. The van der Waals surface area contributed by atoms with Crippen LogP contribution in [0.2, 0.25) is 0 Å². The third-order valence-electron chi connectivity index (χ3n) is 5.25. The van der Waals surface area contributed by atoms with Crippen molar-refractivity contribution in [3.8, 4) is 0 Å². The lowest BCUT2D eigenvalue weighted by Gasteiger charge is -2.31. The van der Waals surface area contributed by atoms with Crippen LogP contribution >= 0.6 is 0 Å². The molecule has 0 radical (unpaired) electrons. The maximum atomic E-state index is 12.8. The summed E-state index contributed by atoms with van der Waals surface area (Å²) in [7, 11) is 1.54. The number of hydrogen-bond acceptors (Lipinski definition) is 6. The Kier molecular flexibility index (Phi) is 9.32. The van der Waals surface area contributed by atoms with E-state index in [0.717, 1.165) is 32.4 Å². The van der Waals surface area contributed by atoms with Gasteiger partial charge in [0.25, 0.3) is 5.91 Å². The van der Waals surface area contributed by atoms with Gasteiger partial charge in [-0.15, -0.1) is 0 Å². The minimum absolute atomic E-state index is 0.0348. The van der Waals surface area contributed by atoms with Crippen molar-refractivity contribution < 1.29 is 23.9 Å². The number of H-pyrrole nitrogens is 1. The maximum Gasteiger partial charge on any atom is 0.340 e. The van der Waals surface area contributed by atoms with Crippen molar-refractivity contribution in [3.05, 3.63) is 22.5 Å². The topological polar surface area (TPSA) is 113 Å². The van der Waals surface area contributed by atoms with Gasteiger partial charge in [0.15, 0.2) is 0 Å². The van der Waals surface area contributed by atoms with E-state index < -0.39 is 5.97 Å². The van der Waals surface area contributed by atoms with E-state index in [1.807, 2.05) is 6.92 Å². The Labute approximate surface area is 177 Å². The number of esters is 1. The first-order valence-electron chi connectivity index (χ1n) is 10.5. The zero-order chi connectivity index (χ0) is 22.1. The second-order valence-corrected chi connectivity index (χ2v) is 7.63. The summed E-state index contributed by atoms with van der Waals surface area (Å²) in [4.78, 5) is 42.1. The zero-order valence-corrected chi connectivity index (χ0v) is 18.4. The van der Waals surface area contributed by atoms with E-state index >= 15 is 0 Å². The summed E-state index contributed by atoms with van der Waals surface area (Å²) in [5, 5.41) is 5.93. The number of piperidine rings is 1. The molecule has 0 saturated carbocycles. The molecule has 2 amide bonds. The molecular formula is C21H34N4O5. The standard InChI is InChI=1S/C21H34N4O5/c1-5-8-22-17(26)13-25-9-6-16(7-10-25)24-20(27)19-14(2)18(15(3)23-19)21(28)30-12-11-29-4/h16,23H,5-13H2,1-4H3,(H,22,26)(H,24,27). The minimum Gasteiger partial charge on any atom is -0.460 e. The average Bonchev–Trinajstić information content (AvgIpc) is 3.02. The molecule has 0 bridgehead atoms. The molecule has 168 valence electrons. The third-order valence-corrected chi connectivity index (χ3v) is 5.25. The zero-order valence-electron chi connectivity index (χ0n) is 18.4. The highest BCUT2D eigenvalue weighted by Gasteiger charge is 2.26. The summed E-state index contributed by atoms with van der Waals surface area (Å²) >= 11 is 0. The first-order chi connectivity index (χ1) is 14.4. The molecule has 9 heteroatoms. The Morgan fingerprint density at radius 2 is 1.87 bits per heavy atom. The molecule has 0 atom stereocenters. The fourth-order valence-electron chi connectivity index (χ4n) is 3.59. The van der Waals surface area contributed by atoms with Crippen molar-refractivity contribution in [1.29, 1.82) is 0 Å². The Bertz CT molecular complexity index is 738. The first kappa shape index (κ1) is 23.9. The van der Waals surface area contributed by atoms with Crippen LogP contribution in [0.5, 0.6) is 0 Å². The minimum atomic E-state index is -0.466. The Balaban J connectivity index is 1.88. The van der Waals surface area contributed by atoms with Crippen molar-refractivity contribution in [2.24, 2.45) is 0 Å². The molecule has 1 fully saturated rings. The molecule has 3 N–H and O–H groups in total. The summed E-state index contributed by atoms with van der Waals surface area (Å²) in [6.45, 7) is 8.59. The molecule has 0 aromatic carbocycles. The lowest BCUT2D eigenvalue weighted by molar-refractivity contribution is -0.122. The van der Waals surface area contributed by atoms with Gasteiger partial charge in [0, 0.05) is 38.5 Å². The SMILES string of the molecule is CCCNC(=O)CN1CCC(NC(=O)c2[nH]c(C)c(C(=O)OCCOC)c2C)CC1. The second kappa shape index (κ2) is 11.7. The van der Waals surface area contributed by atoms with Crippen LogP contribution in [0.1, 0.15) is 58.3 Å². The number of nitrogens with zero attached hydrogens (tertiary/aromatic N) is 1. The van der Waals surface area contributed by atoms with Crippen LogP contribution in [0.25, 0.3) is 0 Å². The van der Waals surface area contributed by atoms with Crippen LogP contribution < -0.4 is 10.6 Å². The van der Waals surface area contributed by atoms with Gasteiger partial charge in [-0.2, -0.15) is 0 Å². The number of carbonyl (C=O) groups excluding carboxylic acids is 3. The molecule has 0 spiro atoms. The van der Waals surface area contributed by atoms with Crippen molar-refractivity contribution >= 4 is 17.8 Å². The van der Waals surface area contributed by atoms with E-state index in [9.17, 15) is 14.4 Å². The van der Waals surface area contributed by atoms with Crippen LogP contribution in [-0.4, -0.2) is 80.2 Å².